The van der Waals surface area contributed by atoms with Gasteiger partial charge in [0.2, 0.25) is 0 Å². The van der Waals surface area contributed by atoms with Gasteiger partial charge in [0.25, 0.3) is 0 Å². The first-order valence-corrected chi connectivity index (χ1v) is 5.21. The summed E-state index contributed by atoms with van der Waals surface area (Å²) in [4.78, 5) is 0. The molecule has 4 heteroatoms. The van der Waals surface area contributed by atoms with E-state index in [1.54, 1.807) is 12.1 Å². The van der Waals surface area contributed by atoms with Crippen molar-refractivity contribution in [3.63, 3.8) is 0 Å². The molecule has 1 aromatic rings. The highest BCUT2D eigenvalue weighted by molar-refractivity contribution is 9.10. The number of aliphatic hydroxyl groups excluding tert-OH is 1. The Balaban J connectivity index is 2.55. The molecular formula is C10H13BrFNO. The summed E-state index contributed by atoms with van der Waals surface area (Å²) >= 11 is 3.12. The van der Waals surface area contributed by atoms with E-state index in [9.17, 15) is 4.39 Å². The van der Waals surface area contributed by atoms with Gasteiger partial charge >= 0.3 is 0 Å². The normalized spacial score (nSPS) is 12.9. The van der Waals surface area contributed by atoms with Crippen LogP contribution in [0.15, 0.2) is 22.7 Å². The van der Waals surface area contributed by atoms with Gasteiger partial charge in [-0.25, -0.2) is 4.39 Å². The van der Waals surface area contributed by atoms with Gasteiger partial charge in [0, 0.05) is 12.6 Å². The van der Waals surface area contributed by atoms with Crippen LogP contribution in [0.25, 0.3) is 0 Å². The Morgan fingerprint density at radius 2 is 2.29 bits per heavy atom. The minimum Gasteiger partial charge on any atom is -0.395 e. The fourth-order valence-electron chi connectivity index (χ4n) is 1.01. The maximum Gasteiger partial charge on any atom is 0.137 e. The average molecular weight is 262 g/mol. The molecule has 2 N–H and O–H groups in total. The lowest BCUT2D eigenvalue weighted by Gasteiger charge is -2.10. The van der Waals surface area contributed by atoms with Gasteiger partial charge in [0.1, 0.15) is 5.82 Å². The molecule has 14 heavy (non-hydrogen) atoms. The molecule has 0 saturated heterocycles. The Morgan fingerprint density at radius 3 is 2.86 bits per heavy atom. The molecule has 0 bridgehead atoms. The monoisotopic (exact) mass is 261 g/mol. The van der Waals surface area contributed by atoms with Crippen molar-refractivity contribution in [2.45, 2.75) is 19.5 Å². The molecule has 0 aliphatic carbocycles. The summed E-state index contributed by atoms with van der Waals surface area (Å²) in [5, 5.41) is 11.9. The molecule has 1 aromatic carbocycles. The molecule has 0 fully saturated rings. The molecule has 0 aliphatic rings. The zero-order valence-corrected chi connectivity index (χ0v) is 9.51. The lowest BCUT2D eigenvalue weighted by molar-refractivity contribution is 0.251. The Kier molecular flexibility index (Phi) is 4.51. The molecule has 2 nitrogen and oxygen atoms in total. The minimum absolute atomic E-state index is 0.0545. The van der Waals surface area contributed by atoms with Crippen LogP contribution in [0.5, 0.6) is 0 Å². The zero-order valence-electron chi connectivity index (χ0n) is 7.93. The van der Waals surface area contributed by atoms with E-state index in [-0.39, 0.29) is 18.5 Å². The van der Waals surface area contributed by atoms with Crippen molar-refractivity contribution in [3.8, 4) is 0 Å². The number of hydrogen-bond acceptors (Lipinski definition) is 2. The van der Waals surface area contributed by atoms with Crippen LogP contribution in [-0.2, 0) is 6.54 Å². The first kappa shape index (κ1) is 11.6. The van der Waals surface area contributed by atoms with Crippen LogP contribution in [0.2, 0.25) is 0 Å². The molecule has 0 heterocycles. The van der Waals surface area contributed by atoms with Gasteiger partial charge in [-0.3, -0.25) is 0 Å². The maximum atomic E-state index is 12.9. The van der Waals surface area contributed by atoms with Gasteiger partial charge in [-0.05, 0) is 40.5 Å². The van der Waals surface area contributed by atoms with Crippen molar-refractivity contribution in [2.24, 2.45) is 0 Å². The molecule has 0 aromatic heterocycles. The van der Waals surface area contributed by atoms with Crippen molar-refractivity contribution in [2.75, 3.05) is 6.61 Å². The quantitative estimate of drug-likeness (QED) is 0.870. The van der Waals surface area contributed by atoms with Crippen LogP contribution in [0, 0.1) is 5.82 Å². The van der Waals surface area contributed by atoms with E-state index in [1.807, 2.05) is 6.92 Å². The number of rotatable bonds is 4. The molecular weight excluding hydrogens is 249 g/mol. The van der Waals surface area contributed by atoms with Gasteiger partial charge < -0.3 is 10.4 Å². The van der Waals surface area contributed by atoms with Crippen LogP contribution in [-0.4, -0.2) is 17.8 Å². The predicted octanol–water partition coefficient (Wildman–Crippen LogP) is 2.06. The smallest absolute Gasteiger partial charge is 0.137 e. The summed E-state index contributed by atoms with van der Waals surface area (Å²) in [6.45, 7) is 2.61. The second-order valence-electron chi connectivity index (χ2n) is 3.21. The van der Waals surface area contributed by atoms with Gasteiger partial charge in [0.05, 0.1) is 11.1 Å². The standard InChI is InChI=1S/C10H13BrFNO/c1-7(6-14)13-5-8-2-3-10(12)9(11)4-8/h2-4,7,13-14H,5-6H2,1H3. The van der Waals surface area contributed by atoms with Crippen LogP contribution >= 0.6 is 15.9 Å². The van der Waals surface area contributed by atoms with E-state index in [1.165, 1.54) is 6.07 Å². The van der Waals surface area contributed by atoms with Crippen LogP contribution in [0.3, 0.4) is 0 Å². The fourth-order valence-corrected chi connectivity index (χ4v) is 1.43. The van der Waals surface area contributed by atoms with Crippen molar-refractivity contribution < 1.29 is 9.50 Å². The van der Waals surface area contributed by atoms with Crippen LogP contribution < -0.4 is 5.32 Å². The highest BCUT2D eigenvalue weighted by atomic mass is 79.9. The first-order valence-electron chi connectivity index (χ1n) is 4.41. The van der Waals surface area contributed by atoms with E-state index < -0.39 is 0 Å². The zero-order chi connectivity index (χ0) is 10.6. The van der Waals surface area contributed by atoms with Crippen molar-refractivity contribution in [3.05, 3.63) is 34.1 Å². The third-order valence-electron chi connectivity index (χ3n) is 1.91. The average Bonchev–Trinajstić information content (AvgIpc) is 2.19. The lowest BCUT2D eigenvalue weighted by atomic mass is 10.2. The number of aliphatic hydroxyl groups is 1. The van der Waals surface area contributed by atoms with E-state index in [0.717, 1.165) is 5.56 Å². The Bertz CT molecular complexity index is 306. The second-order valence-corrected chi connectivity index (χ2v) is 4.07. The maximum absolute atomic E-state index is 12.9. The molecule has 1 rings (SSSR count). The molecule has 0 aliphatic heterocycles. The molecule has 0 radical (unpaired) electrons. The van der Waals surface area contributed by atoms with E-state index in [0.29, 0.717) is 11.0 Å². The Morgan fingerprint density at radius 1 is 1.57 bits per heavy atom. The highest BCUT2D eigenvalue weighted by Gasteiger charge is 2.02. The summed E-state index contributed by atoms with van der Waals surface area (Å²) in [5.41, 5.74) is 0.985. The third-order valence-corrected chi connectivity index (χ3v) is 2.52. The lowest BCUT2D eigenvalue weighted by Crippen LogP contribution is -2.28. The van der Waals surface area contributed by atoms with Crippen molar-refractivity contribution in [1.29, 1.82) is 0 Å². The van der Waals surface area contributed by atoms with Gasteiger partial charge in [-0.2, -0.15) is 0 Å². The molecule has 0 amide bonds. The number of nitrogens with one attached hydrogen (secondary N) is 1. The Labute approximate surface area is 91.3 Å². The van der Waals surface area contributed by atoms with Crippen LogP contribution in [0.4, 0.5) is 4.39 Å². The van der Waals surface area contributed by atoms with Crippen molar-refractivity contribution >= 4 is 15.9 Å². The van der Waals surface area contributed by atoms with Crippen molar-refractivity contribution in [1.82, 2.24) is 5.32 Å². The largest absolute Gasteiger partial charge is 0.395 e. The summed E-state index contributed by atoms with van der Waals surface area (Å²) in [6.07, 6.45) is 0. The summed E-state index contributed by atoms with van der Waals surface area (Å²) < 4.78 is 13.3. The number of hydrogen-bond donors (Lipinski definition) is 2. The minimum atomic E-state index is -0.260. The number of halogens is 2. The molecule has 1 atom stereocenters. The Hall–Kier alpha value is -0.450. The SMILES string of the molecule is CC(CO)NCc1ccc(F)c(Br)c1. The molecule has 78 valence electrons. The molecule has 0 spiro atoms. The van der Waals surface area contributed by atoms with Crippen LogP contribution in [0.1, 0.15) is 12.5 Å². The molecule has 1 unspecified atom stereocenters. The molecule has 0 saturated carbocycles. The summed E-state index contributed by atoms with van der Waals surface area (Å²) in [6, 6.07) is 4.92. The fraction of sp³-hybridized carbons (Fsp3) is 0.400. The first-order chi connectivity index (χ1) is 6.63. The predicted molar refractivity (Wildman–Crippen MR) is 57.5 cm³/mol. The van der Waals surface area contributed by atoms with Gasteiger partial charge in [-0.1, -0.05) is 6.07 Å². The van der Waals surface area contributed by atoms with Gasteiger partial charge in [0.15, 0.2) is 0 Å². The number of benzene rings is 1. The van der Waals surface area contributed by atoms with Gasteiger partial charge in [-0.15, -0.1) is 0 Å². The summed E-state index contributed by atoms with van der Waals surface area (Å²) in [7, 11) is 0. The third kappa shape index (κ3) is 3.36. The second kappa shape index (κ2) is 5.44. The highest BCUT2D eigenvalue weighted by Crippen LogP contribution is 2.16. The van der Waals surface area contributed by atoms with E-state index >= 15 is 0 Å². The van der Waals surface area contributed by atoms with E-state index in [2.05, 4.69) is 21.2 Å². The topological polar surface area (TPSA) is 32.3 Å². The summed E-state index contributed by atoms with van der Waals surface area (Å²) in [5.74, 6) is -0.260. The van der Waals surface area contributed by atoms with E-state index in [4.69, 9.17) is 5.11 Å².